The summed E-state index contributed by atoms with van der Waals surface area (Å²) in [5, 5.41) is 12.5. The molecule has 2 aromatic heterocycles. The molecule has 6 heteroatoms. The van der Waals surface area contributed by atoms with Crippen molar-refractivity contribution in [3.05, 3.63) is 39.3 Å². The zero-order valence-electron chi connectivity index (χ0n) is 13.9. The molecule has 2 aromatic rings. The summed E-state index contributed by atoms with van der Waals surface area (Å²) >= 11 is 1.74. The Labute approximate surface area is 141 Å². The van der Waals surface area contributed by atoms with Gasteiger partial charge in [-0.2, -0.15) is 5.10 Å². The van der Waals surface area contributed by atoms with Crippen LogP contribution in [0, 0.1) is 13.8 Å². The molecule has 0 unspecified atom stereocenters. The van der Waals surface area contributed by atoms with Gasteiger partial charge in [-0.1, -0.05) is 13.0 Å². The average molecular weight is 332 g/mol. The Balaban J connectivity index is 1.64. The van der Waals surface area contributed by atoms with Crippen molar-refractivity contribution in [1.29, 1.82) is 0 Å². The maximum atomic E-state index is 12.6. The number of aryl methyl sites for hydroxylation is 2. The Hall–Kier alpha value is -1.82. The zero-order chi connectivity index (χ0) is 16.4. The van der Waals surface area contributed by atoms with Gasteiger partial charge in [0.2, 0.25) is 0 Å². The van der Waals surface area contributed by atoms with Crippen LogP contribution in [0.2, 0.25) is 0 Å². The zero-order valence-corrected chi connectivity index (χ0v) is 14.7. The van der Waals surface area contributed by atoms with Crippen molar-refractivity contribution in [2.24, 2.45) is 0 Å². The van der Waals surface area contributed by atoms with Crippen LogP contribution in [-0.4, -0.2) is 34.2 Å². The summed E-state index contributed by atoms with van der Waals surface area (Å²) < 4.78 is 0. The summed E-state index contributed by atoms with van der Waals surface area (Å²) in [6.45, 7) is 7.67. The molecule has 2 N–H and O–H groups in total. The highest BCUT2D eigenvalue weighted by Crippen LogP contribution is 2.34. The van der Waals surface area contributed by atoms with E-state index in [0.717, 1.165) is 30.8 Å². The van der Waals surface area contributed by atoms with Crippen molar-refractivity contribution < 1.29 is 4.79 Å². The predicted octanol–water partition coefficient (Wildman–Crippen LogP) is 3.74. The van der Waals surface area contributed by atoms with Gasteiger partial charge in [-0.3, -0.25) is 5.10 Å². The molecule has 1 fully saturated rings. The van der Waals surface area contributed by atoms with Gasteiger partial charge >= 0.3 is 6.03 Å². The second kappa shape index (κ2) is 6.74. The maximum absolute atomic E-state index is 12.6. The van der Waals surface area contributed by atoms with Gasteiger partial charge in [0.15, 0.2) is 0 Å². The summed E-state index contributed by atoms with van der Waals surface area (Å²) in [5.41, 5.74) is 3.25. The summed E-state index contributed by atoms with van der Waals surface area (Å²) in [7, 11) is 0. The molecule has 1 aliphatic heterocycles. The number of hydrogen-bond acceptors (Lipinski definition) is 3. The van der Waals surface area contributed by atoms with E-state index in [1.807, 2.05) is 18.7 Å². The van der Waals surface area contributed by atoms with Crippen LogP contribution in [-0.2, 0) is 0 Å². The predicted molar refractivity (Wildman–Crippen MR) is 92.9 cm³/mol. The second-order valence-electron chi connectivity index (χ2n) is 6.30. The lowest BCUT2D eigenvalue weighted by molar-refractivity contribution is 0.192. The monoisotopic (exact) mass is 332 g/mol. The van der Waals surface area contributed by atoms with Crippen molar-refractivity contribution in [3.8, 4) is 0 Å². The first-order valence-corrected chi connectivity index (χ1v) is 9.05. The molecule has 3 heterocycles. The number of nitrogens with one attached hydrogen (secondary N) is 2. The number of aromatic nitrogens is 2. The fraction of sp³-hybridized carbons (Fsp3) is 0.529. The van der Waals surface area contributed by atoms with Crippen molar-refractivity contribution >= 4 is 17.4 Å². The Kier molecular flexibility index (Phi) is 4.71. The summed E-state index contributed by atoms with van der Waals surface area (Å²) in [6.07, 6.45) is 2.05. The third kappa shape index (κ3) is 3.27. The van der Waals surface area contributed by atoms with Crippen molar-refractivity contribution in [2.75, 3.05) is 13.1 Å². The minimum Gasteiger partial charge on any atom is -0.337 e. The highest BCUT2D eigenvalue weighted by Gasteiger charge is 2.33. The van der Waals surface area contributed by atoms with E-state index >= 15 is 0 Å². The molecular formula is C17H24N4OS. The summed E-state index contributed by atoms with van der Waals surface area (Å²) in [4.78, 5) is 15.9. The van der Waals surface area contributed by atoms with Crippen LogP contribution in [0.3, 0.4) is 0 Å². The topological polar surface area (TPSA) is 61.0 Å². The number of carbonyl (C=O) groups excluding carboxylic acids is 1. The van der Waals surface area contributed by atoms with Gasteiger partial charge in [-0.05, 0) is 38.1 Å². The number of urea groups is 1. The number of hydrogen-bond donors (Lipinski definition) is 2. The SMILES string of the molecule is Cc1n[nH]c(C)c1[C@@H]1CCCN1C(=O)NC[C@H](C)c1cccs1. The van der Waals surface area contributed by atoms with Crippen molar-refractivity contribution in [2.45, 2.75) is 45.6 Å². The number of amides is 2. The molecule has 3 rings (SSSR count). The molecule has 124 valence electrons. The lowest BCUT2D eigenvalue weighted by atomic mass is 10.0. The molecule has 1 saturated heterocycles. The van der Waals surface area contributed by atoms with E-state index in [1.54, 1.807) is 11.3 Å². The van der Waals surface area contributed by atoms with E-state index in [4.69, 9.17) is 0 Å². The molecular weight excluding hydrogens is 308 g/mol. The van der Waals surface area contributed by atoms with Gasteiger partial charge in [-0.25, -0.2) is 4.79 Å². The first-order valence-electron chi connectivity index (χ1n) is 8.17. The summed E-state index contributed by atoms with van der Waals surface area (Å²) in [5.74, 6) is 0.345. The molecule has 2 atom stereocenters. The second-order valence-corrected chi connectivity index (χ2v) is 7.28. The smallest absolute Gasteiger partial charge is 0.317 e. The van der Waals surface area contributed by atoms with Crippen molar-refractivity contribution in [1.82, 2.24) is 20.4 Å². The van der Waals surface area contributed by atoms with E-state index in [0.29, 0.717) is 12.5 Å². The van der Waals surface area contributed by atoms with Crippen LogP contribution in [0.1, 0.15) is 53.6 Å². The number of aromatic amines is 1. The third-order valence-electron chi connectivity index (χ3n) is 4.62. The van der Waals surface area contributed by atoms with Crippen LogP contribution >= 0.6 is 11.3 Å². The molecule has 0 bridgehead atoms. The largest absolute Gasteiger partial charge is 0.337 e. The fourth-order valence-electron chi connectivity index (χ4n) is 3.37. The minimum absolute atomic E-state index is 0.0379. The Morgan fingerprint density at radius 1 is 1.57 bits per heavy atom. The lowest BCUT2D eigenvalue weighted by Gasteiger charge is -2.26. The molecule has 2 amide bonds. The molecule has 0 radical (unpaired) electrons. The van der Waals surface area contributed by atoms with Crippen LogP contribution in [0.4, 0.5) is 4.79 Å². The molecule has 0 aliphatic carbocycles. The van der Waals surface area contributed by atoms with Gasteiger partial charge in [0.1, 0.15) is 0 Å². The van der Waals surface area contributed by atoms with E-state index < -0.39 is 0 Å². The Morgan fingerprint density at radius 2 is 2.39 bits per heavy atom. The quantitative estimate of drug-likeness (QED) is 0.896. The molecule has 5 nitrogen and oxygen atoms in total. The number of likely N-dealkylation sites (tertiary alicyclic amines) is 1. The first kappa shape index (κ1) is 16.1. The van der Waals surface area contributed by atoms with Gasteiger partial charge in [0, 0.05) is 35.1 Å². The molecule has 23 heavy (non-hydrogen) atoms. The minimum atomic E-state index is 0.0379. The highest BCUT2D eigenvalue weighted by atomic mass is 32.1. The molecule has 0 spiro atoms. The number of carbonyl (C=O) groups is 1. The normalized spacial score (nSPS) is 19.1. The van der Waals surface area contributed by atoms with E-state index in [1.165, 1.54) is 10.4 Å². The van der Waals surface area contributed by atoms with E-state index in [9.17, 15) is 4.79 Å². The number of H-pyrrole nitrogens is 1. The van der Waals surface area contributed by atoms with E-state index in [2.05, 4.69) is 40.0 Å². The third-order valence-corrected chi connectivity index (χ3v) is 5.72. The van der Waals surface area contributed by atoms with Crippen LogP contribution in [0.15, 0.2) is 17.5 Å². The van der Waals surface area contributed by atoms with E-state index in [-0.39, 0.29) is 12.1 Å². The molecule has 0 saturated carbocycles. The van der Waals surface area contributed by atoms with Crippen LogP contribution in [0.5, 0.6) is 0 Å². The average Bonchev–Trinajstić information content (AvgIpc) is 3.25. The Bertz CT molecular complexity index is 645. The fourth-order valence-corrected chi connectivity index (χ4v) is 4.16. The molecule has 1 aliphatic rings. The van der Waals surface area contributed by atoms with Gasteiger partial charge in [0.25, 0.3) is 0 Å². The van der Waals surface area contributed by atoms with Crippen molar-refractivity contribution in [3.63, 3.8) is 0 Å². The van der Waals surface area contributed by atoms with Crippen LogP contribution in [0.25, 0.3) is 0 Å². The van der Waals surface area contributed by atoms with Gasteiger partial charge in [0.05, 0.1) is 11.7 Å². The number of rotatable bonds is 4. The maximum Gasteiger partial charge on any atom is 0.317 e. The van der Waals surface area contributed by atoms with Gasteiger partial charge in [-0.15, -0.1) is 11.3 Å². The number of thiophene rings is 1. The molecule has 0 aromatic carbocycles. The van der Waals surface area contributed by atoms with Crippen LogP contribution < -0.4 is 5.32 Å². The number of nitrogens with zero attached hydrogens (tertiary/aromatic N) is 2. The summed E-state index contributed by atoms with van der Waals surface area (Å²) in [6, 6.07) is 4.36. The van der Waals surface area contributed by atoms with Gasteiger partial charge < -0.3 is 10.2 Å². The first-order chi connectivity index (χ1) is 11.1. The Morgan fingerprint density at radius 3 is 3.04 bits per heavy atom. The lowest BCUT2D eigenvalue weighted by Crippen LogP contribution is -2.41. The standard InChI is InChI=1S/C17H24N4OS/c1-11(15-7-5-9-23-15)10-18-17(22)21-8-4-6-14(21)16-12(2)19-20-13(16)3/h5,7,9,11,14H,4,6,8,10H2,1-3H3,(H,18,22)(H,19,20)/t11-,14-/m0/s1. The highest BCUT2D eigenvalue weighted by molar-refractivity contribution is 7.10.